The maximum absolute atomic E-state index is 13.2. The number of nitrogens with zero attached hydrogens (tertiary/aromatic N) is 3. The minimum atomic E-state index is -0.297. The molecule has 0 radical (unpaired) electrons. The molecule has 2 aromatic rings. The highest BCUT2D eigenvalue weighted by molar-refractivity contribution is 6.39. The van der Waals surface area contributed by atoms with Crippen LogP contribution in [0.25, 0.3) is 0 Å². The number of hydrogen-bond acceptors (Lipinski definition) is 4. The van der Waals surface area contributed by atoms with Gasteiger partial charge in [0.05, 0.1) is 10.7 Å². The number of ketones is 1. The fraction of sp³-hybridized carbons (Fsp3) is 0.474. The third-order valence-electron chi connectivity index (χ3n) is 5.24. The van der Waals surface area contributed by atoms with Crippen LogP contribution < -0.4 is 0 Å². The van der Waals surface area contributed by atoms with Crippen molar-refractivity contribution < 1.29 is 9.90 Å². The number of aromatic hydroxyl groups is 1. The van der Waals surface area contributed by atoms with Crippen molar-refractivity contribution in [3.63, 3.8) is 0 Å². The van der Waals surface area contributed by atoms with Crippen LogP contribution in [0.5, 0.6) is 5.88 Å². The molecular weight excluding hydrogens is 373 g/mol. The van der Waals surface area contributed by atoms with E-state index in [1.165, 1.54) is 17.5 Å². The minimum Gasteiger partial charge on any atom is -0.493 e. The van der Waals surface area contributed by atoms with Gasteiger partial charge in [-0.3, -0.25) is 9.69 Å². The molecule has 138 valence electrons. The summed E-state index contributed by atoms with van der Waals surface area (Å²) in [6.07, 6.45) is 4.34. The normalized spacial score (nSPS) is 17.1. The molecule has 0 spiro atoms. The highest BCUT2D eigenvalue weighted by Crippen LogP contribution is 2.44. The molecule has 4 rings (SSSR count). The summed E-state index contributed by atoms with van der Waals surface area (Å²) < 4.78 is 1.35. The van der Waals surface area contributed by atoms with E-state index >= 15 is 0 Å². The topological polar surface area (TPSA) is 58.4 Å². The predicted octanol–water partition coefficient (Wildman–Crippen LogP) is 4.14. The lowest BCUT2D eigenvalue weighted by Gasteiger charge is -2.19. The molecular formula is C19H21Cl2N3O2. The third-order valence-corrected chi connectivity index (χ3v) is 6.03. The van der Waals surface area contributed by atoms with E-state index in [4.69, 9.17) is 23.2 Å². The van der Waals surface area contributed by atoms with Crippen molar-refractivity contribution in [2.24, 2.45) is 7.05 Å². The number of carbonyl (C=O) groups excluding carboxylic acids is 1. The summed E-state index contributed by atoms with van der Waals surface area (Å²) in [4.78, 5) is 15.4. The first-order chi connectivity index (χ1) is 12.4. The Hall–Kier alpha value is -1.56. The molecule has 7 heteroatoms. The van der Waals surface area contributed by atoms with Crippen LogP contribution in [0, 0.1) is 0 Å². The second kappa shape index (κ2) is 6.55. The average molecular weight is 394 g/mol. The van der Waals surface area contributed by atoms with Gasteiger partial charge in [0.15, 0.2) is 0 Å². The maximum atomic E-state index is 13.2. The van der Waals surface area contributed by atoms with E-state index in [1.807, 2.05) is 7.05 Å². The largest absolute Gasteiger partial charge is 0.493 e. The number of aryl methyl sites for hydroxylation is 1. The molecule has 0 atom stereocenters. The quantitative estimate of drug-likeness (QED) is 0.749. The molecule has 2 saturated carbocycles. The lowest BCUT2D eigenvalue weighted by atomic mass is 9.99. The smallest absolute Gasteiger partial charge is 0.220 e. The SMILES string of the molecule is CN(Cc1c(Cl)ccc(C(=O)c2c(C3CC3)nn(C)c2O)c1Cl)C1CC1. The number of aromatic nitrogens is 2. The molecule has 1 aromatic heterocycles. The molecule has 1 aromatic carbocycles. The molecule has 0 saturated heterocycles. The first kappa shape index (κ1) is 17.8. The summed E-state index contributed by atoms with van der Waals surface area (Å²) >= 11 is 13.0. The van der Waals surface area contributed by atoms with Crippen molar-refractivity contribution >= 4 is 29.0 Å². The van der Waals surface area contributed by atoms with Crippen LogP contribution in [0.1, 0.15) is 58.8 Å². The van der Waals surface area contributed by atoms with Gasteiger partial charge in [-0.05, 0) is 44.9 Å². The van der Waals surface area contributed by atoms with Gasteiger partial charge in [-0.25, -0.2) is 4.68 Å². The Morgan fingerprint density at radius 3 is 2.62 bits per heavy atom. The van der Waals surface area contributed by atoms with Crippen LogP contribution in [-0.4, -0.2) is 38.7 Å². The van der Waals surface area contributed by atoms with Crippen LogP contribution in [0.3, 0.4) is 0 Å². The highest BCUT2D eigenvalue weighted by Gasteiger charge is 2.35. The van der Waals surface area contributed by atoms with Crippen molar-refractivity contribution in [3.8, 4) is 5.88 Å². The highest BCUT2D eigenvalue weighted by atomic mass is 35.5. The molecule has 0 bridgehead atoms. The Bertz CT molecular complexity index is 885. The number of benzene rings is 1. The number of rotatable bonds is 6. The third kappa shape index (κ3) is 3.13. The maximum Gasteiger partial charge on any atom is 0.220 e. The van der Waals surface area contributed by atoms with Crippen LogP contribution in [0.4, 0.5) is 0 Å². The Kier molecular flexibility index (Phi) is 4.49. The van der Waals surface area contributed by atoms with E-state index in [-0.39, 0.29) is 23.1 Å². The molecule has 0 unspecified atom stereocenters. The minimum absolute atomic E-state index is 0.112. The van der Waals surface area contributed by atoms with Gasteiger partial charge in [-0.15, -0.1) is 0 Å². The molecule has 1 N–H and O–H groups in total. The van der Waals surface area contributed by atoms with E-state index in [0.717, 1.165) is 18.4 Å². The second-order valence-corrected chi connectivity index (χ2v) is 8.13. The Labute approximate surface area is 162 Å². The van der Waals surface area contributed by atoms with Crippen molar-refractivity contribution in [2.45, 2.75) is 44.2 Å². The fourth-order valence-corrected chi connectivity index (χ4v) is 3.92. The van der Waals surface area contributed by atoms with Crippen molar-refractivity contribution in [3.05, 3.63) is 44.6 Å². The monoisotopic (exact) mass is 393 g/mol. The Balaban J connectivity index is 1.73. The van der Waals surface area contributed by atoms with E-state index in [0.29, 0.717) is 33.9 Å². The van der Waals surface area contributed by atoms with Crippen LogP contribution >= 0.6 is 23.2 Å². The van der Waals surface area contributed by atoms with E-state index in [9.17, 15) is 9.90 Å². The molecule has 0 aliphatic heterocycles. The van der Waals surface area contributed by atoms with Crippen LogP contribution in [0.2, 0.25) is 10.0 Å². The van der Waals surface area contributed by atoms with Gasteiger partial charge < -0.3 is 5.11 Å². The summed E-state index contributed by atoms with van der Waals surface area (Å²) in [5.41, 5.74) is 2.05. The van der Waals surface area contributed by atoms with Crippen molar-refractivity contribution in [1.82, 2.24) is 14.7 Å². The molecule has 2 fully saturated rings. The van der Waals surface area contributed by atoms with Gasteiger partial charge in [0.1, 0.15) is 5.56 Å². The number of halogens is 2. The van der Waals surface area contributed by atoms with Gasteiger partial charge >= 0.3 is 0 Å². The molecule has 5 nitrogen and oxygen atoms in total. The van der Waals surface area contributed by atoms with E-state index < -0.39 is 0 Å². The van der Waals surface area contributed by atoms with Gasteiger partial charge in [0.2, 0.25) is 11.7 Å². The van der Waals surface area contributed by atoms with E-state index in [1.54, 1.807) is 19.2 Å². The second-order valence-electron chi connectivity index (χ2n) is 7.34. The Morgan fingerprint density at radius 1 is 1.31 bits per heavy atom. The molecule has 2 aliphatic carbocycles. The zero-order valence-electron chi connectivity index (χ0n) is 14.8. The molecule has 2 aliphatic rings. The molecule has 26 heavy (non-hydrogen) atoms. The van der Waals surface area contributed by atoms with Crippen LogP contribution in [0.15, 0.2) is 12.1 Å². The lowest BCUT2D eigenvalue weighted by Crippen LogP contribution is -2.21. The zero-order valence-corrected chi connectivity index (χ0v) is 16.3. The first-order valence-electron chi connectivity index (χ1n) is 8.86. The van der Waals surface area contributed by atoms with Crippen molar-refractivity contribution in [2.75, 3.05) is 7.05 Å². The van der Waals surface area contributed by atoms with Crippen LogP contribution in [-0.2, 0) is 13.6 Å². The first-order valence-corrected chi connectivity index (χ1v) is 9.61. The average Bonchev–Trinajstić information content (AvgIpc) is 3.49. The van der Waals surface area contributed by atoms with E-state index in [2.05, 4.69) is 10.00 Å². The summed E-state index contributed by atoms with van der Waals surface area (Å²) in [7, 11) is 3.68. The van der Waals surface area contributed by atoms with Gasteiger partial charge in [0.25, 0.3) is 0 Å². The summed E-state index contributed by atoms with van der Waals surface area (Å²) in [6, 6.07) is 3.91. The van der Waals surface area contributed by atoms with Gasteiger partial charge in [-0.2, -0.15) is 5.10 Å². The summed E-state index contributed by atoms with van der Waals surface area (Å²) in [5.74, 6) is -0.165. The standard InChI is InChI=1S/C19H21Cl2N3O2/c1-23(11-5-6-11)9-13-14(20)8-7-12(16(13)21)18(25)15-17(10-3-4-10)22-24(2)19(15)26/h7-8,10-11,26H,3-6,9H2,1-2H3. The predicted molar refractivity (Wildman–Crippen MR) is 101 cm³/mol. The summed E-state index contributed by atoms with van der Waals surface area (Å²) in [5, 5.41) is 15.6. The number of hydrogen-bond donors (Lipinski definition) is 1. The Morgan fingerprint density at radius 2 is 2.00 bits per heavy atom. The van der Waals surface area contributed by atoms with Crippen molar-refractivity contribution in [1.29, 1.82) is 0 Å². The summed E-state index contributed by atoms with van der Waals surface area (Å²) in [6.45, 7) is 0.595. The van der Waals surface area contributed by atoms with Gasteiger partial charge in [0, 0.05) is 41.7 Å². The zero-order chi connectivity index (χ0) is 18.6. The van der Waals surface area contributed by atoms with Gasteiger partial charge in [-0.1, -0.05) is 23.2 Å². The fourth-order valence-electron chi connectivity index (χ4n) is 3.34. The molecule has 1 heterocycles. The molecule has 0 amide bonds. The number of carbonyl (C=O) groups is 1. The lowest BCUT2D eigenvalue weighted by molar-refractivity contribution is 0.103.